The fraction of sp³-hybridized carbons (Fsp3) is 0.625. The number of anilines is 1. The van der Waals surface area contributed by atoms with E-state index in [4.69, 9.17) is 11.6 Å². The molecule has 3 rings (SSSR count). The molecule has 2 aliphatic carbocycles. The molecule has 0 heterocycles. The maximum absolute atomic E-state index is 5.89. The molecule has 1 aromatic carbocycles. The van der Waals surface area contributed by atoms with Crippen LogP contribution in [0.2, 0.25) is 5.02 Å². The zero-order valence-electron chi connectivity index (χ0n) is 11.4. The van der Waals surface area contributed by atoms with Crippen LogP contribution in [-0.2, 0) is 0 Å². The minimum absolute atomic E-state index is 0.801. The van der Waals surface area contributed by atoms with E-state index in [1.54, 1.807) is 0 Å². The number of halogens is 1. The molecular formula is C16H23ClN2. The average Bonchev–Trinajstić information content (AvgIpc) is 3.27. The Bertz CT molecular complexity index is 382. The van der Waals surface area contributed by atoms with E-state index in [9.17, 15) is 0 Å². The smallest absolute Gasteiger partial charge is 0.0407 e. The quantitative estimate of drug-likeness (QED) is 0.776. The van der Waals surface area contributed by atoms with E-state index in [2.05, 4.69) is 22.3 Å². The van der Waals surface area contributed by atoms with Crippen molar-refractivity contribution in [3.63, 3.8) is 0 Å². The third-order valence-corrected chi connectivity index (χ3v) is 4.28. The minimum atomic E-state index is 0.801. The summed E-state index contributed by atoms with van der Waals surface area (Å²) in [6, 6.07) is 7.98. The van der Waals surface area contributed by atoms with Gasteiger partial charge in [0.25, 0.3) is 0 Å². The highest BCUT2D eigenvalue weighted by Gasteiger charge is 2.28. The Morgan fingerprint density at radius 2 is 1.58 bits per heavy atom. The summed E-state index contributed by atoms with van der Waals surface area (Å²) in [5.74, 6) is 1.99. The molecule has 0 aromatic heterocycles. The molecule has 0 atom stereocenters. The zero-order valence-corrected chi connectivity index (χ0v) is 12.2. The molecule has 1 aromatic rings. The highest BCUT2D eigenvalue weighted by atomic mass is 35.5. The molecule has 0 spiro atoms. The van der Waals surface area contributed by atoms with E-state index in [0.717, 1.165) is 29.9 Å². The zero-order chi connectivity index (χ0) is 13.1. The van der Waals surface area contributed by atoms with E-state index >= 15 is 0 Å². The number of benzene rings is 1. The third-order valence-electron chi connectivity index (χ3n) is 4.03. The van der Waals surface area contributed by atoms with Gasteiger partial charge in [0.2, 0.25) is 0 Å². The van der Waals surface area contributed by atoms with Crippen molar-refractivity contribution in [2.75, 3.05) is 31.5 Å². The molecule has 1 N–H and O–H groups in total. The maximum Gasteiger partial charge on any atom is 0.0407 e. The molecule has 0 saturated heterocycles. The topological polar surface area (TPSA) is 15.3 Å². The van der Waals surface area contributed by atoms with Crippen LogP contribution in [0.3, 0.4) is 0 Å². The fourth-order valence-corrected chi connectivity index (χ4v) is 2.64. The van der Waals surface area contributed by atoms with E-state index in [0.29, 0.717) is 0 Å². The summed E-state index contributed by atoms with van der Waals surface area (Å²) in [4.78, 5) is 2.66. The molecule has 2 saturated carbocycles. The van der Waals surface area contributed by atoms with Crippen LogP contribution in [0.5, 0.6) is 0 Å². The van der Waals surface area contributed by atoms with E-state index in [-0.39, 0.29) is 0 Å². The second kappa shape index (κ2) is 6.15. The van der Waals surface area contributed by atoms with Crippen LogP contribution in [0.25, 0.3) is 0 Å². The van der Waals surface area contributed by atoms with Crippen molar-refractivity contribution in [2.24, 2.45) is 11.8 Å². The van der Waals surface area contributed by atoms with Crippen LogP contribution < -0.4 is 5.32 Å². The highest BCUT2D eigenvalue weighted by Crippen LogP contribution is 2.33. The van der Waals surface area contributed by atoms with Crippen molar-refractivity contribution in [1.82, 2.24) is 4.90 Å². The molecule has 2 nitrogen and oxygen atoms in total. The lowest BCUT2D eigenvalue weighted by molar-refractivity contribution is 0.262. The molecule has 19 heavy (non-hydrogen) atoms. The predicted octanol–water partition coefficient (Wildman–Crippen LogP) is 3.87. The lowest BCUT2D eigenvalue weighted by atomic mass is 10.3. The Balaban J connectivity index is 1.41. The third kappa shape index (κ3) is 4.70. The molecule has 104 valence electrons. The van der Waals surface area contributed by atoms with E-state index < -0.39 is 0 Å². The molecule has 0 bridgehead atoms. The van der Waals surface area contributed by atoms with Crippen LogP contribution in [-0.4, -0.2) is 31.1 Å². The Hall–Kier alpha value is -0.730. The van der Waals surface area contributed by atoms with Gasteiger partial charge in [-0.05, 0) is 61.8 Å². The fourth-order valence-electron chi connectivity index (χ4n) is 2.51. The van der Waals surface area contributed by atoms with Gasteiger partial charge >= 0.3 is 0 Å². The normalized spacial score (nSPS) is 18.8. The first-order chi connectivity index (χ1) is 9.29. The van der Waals surface area contributed by atoms with Gasteiger partial charge in [-0.25, -0.2) is 0 Å². The Labute approximate surface area is 121 Å². The summed E-state index contributed by atoms with van der Waals surface area (Å²) in [5.41, 5.74) is 1.17. The lowest BCUT2D eigenvalue weighted by Gasteiger charge is -2.22. The van der Waals surface area contributed by atoms with Gasteiger partial charge in [0.1, 0.15) is 0 Å². The second-order valence-electron chi connectivity index (χ2n) is 6.08. The molecular weight excluding hydrogens is 256 g/mol. The number of nitrogens with one attached hydrogen (secondary N) is 1. The summed E-state index contributed by atoms with van der Waals surface area (Å²) in [5, 5.41) is 4.29. The number of rotatable bonds is 8. The summed E-state index contributed by atoms with van der Waals surface area (Å²) >= 11 is 5.89. The second-order valence-corrected chi connectivity index (χ2v) is 6.52. The van der Waals surface area contributed by atoms with Gasteiger partial charge in [-0.15, -0.1) is 0 Å². The van der Waals surface area contributed by atoms with Crippen molar-refractivity contribution >= 4 is 17.3 Å². The molecule has 3 heteroatoms. The number of hydrogen-bond acceptors (Lipinski definition) is 2. The minimum Gasteiger partial charge on any atom is -0.384 e. The van der Waals surface area contributed by atoms with Crippen molar-refractivity contribution in [3.8, 4) is 0 Å². The van der Waals surface area contributed by atoms with Gasteiger partial charge in [0, 0.05) is 36.9 Å². The monoisotopic (exact) mass is 278 g/mol. The van der Waals surface area contributed by atoms with Crippen molar-refractivity contribution in [1.29, 1.82) is 0 Å². The lowest BCUT2D eigenvalue weighted by Crippen LogP contribution is -2.32. The summed E-state index contributed by atoms with van der Waals surface area (Å²) < 4.78 is 0. The molecule has 0 amide bonds. The number of hydrogen-bond donors (Lipinski definition) is 1. The first-order valence-electron chi connectivity index (χ1n) is 7.51. The van der Waals surface area contributed by atoms with E-state index in [1.165, 1.54) is 44.5 Å². The van der Waals surface area contributed by atoms with Gasteiger partial charge in [0.15, 0.2) is 0 Å². The standard InChI is InChI=1S/C16H23ClN2/c17-15-5-7-16(8-6-15)18-9-10-19(11-13-1-2-13)12-14-3-4-14/h5-8,13-14,18H,1-4,9-12H2. The van der Waals surface area contributed by atoms with Crippen LogP contribution in [0.4, 0.5) is 5.69 Å². The SMILES string of the molecule is Clc1ccc(NCCN(CC2CC2)CC2CC2)cc1. The van der Waals surface area contributed by atoms with Crippen molar-refractivity contribution in [2.45, 2.75) is 25.7 Å². The van der Waals surface area contributed by atoms with Gasteiger partial charge in [0.05, 0.1) is 0 Å². The summed E-state index contributed by atoms with van der Waals surface area (Å²) in [6.45, 7) is 4.83. The molecule has 2 aliphatic rings. The van der Waals surface area contributed by atoms with E-state index in [1.807, 2.05) is 12.1 Å². The molecule has 0 radical (unpaired) electrons. The van der Waals surface area contributed by atoms with Gasteiger partial charge in [-0.1, -0.05) is 11.6 Å². The molecule has 0 aliphatic heterocycles. The van der Waals surface area contributed by atoms with Gasteiger partial charge < -0.3 is 10.2 Å². The first-order valence-corrected chi connectivity index (χ1v) is 7.89. The Morgan fingerprint density at radius 3 is 2.11 bits per heavy atom. The predicted molar refractivity (Wildman–Crippen MR) is 81.8 cm³/mol. The summed E-state index contributed by atoms with van der Waals surface area (Å²) in [7, 11) is 0. The molecule has 0 unspecified atom stereocenters. The van der Waals surface area contributed by atoms with Crippen LogP contribution in [0.15, 0.2) is 24.3 Å². The van der Waals surface area contributed by atoms with Crippen molar-refractivity contribution in [3.05, 3.63) is 29.3 Å². The highest BCUT2D eigenvalue weighted by molar-refractivity contribution is 6.30. The average molecular weight is 279 g/mol. The Kier molecular flexibility index (Phi) is 4.29. The van der Waals surface area contributed by atoms with Gasteiger partial charge in [-0.3, -0.25) is 0 Å². The van der Waals surface area contributed by atoms with Crippen LogP contribution in [0.1, 0.15) is 25.7 Å². The van der Waals surface area contributed by atoms with Crippen molar-refractivity contribution < 1.29 is 0 Å². The van der Waals surface area contributed by atoms with Crippen LogP contribution >= 0.6 is 11.6 Å². The maximum atomic E-state index is 5.89. The largest absolute Gasteiger partial charge is 0.384 e. The summed E-state index contributed by atoms with van der Waals surface area (Å²) in [6.07, 6.45) is 5.80. The van der Waals surface area contributed by atoms with Crippen LogP contribution in [0, 0.1) is 11.8 Å². The molecule has 2 fully saturated rings. The Morgan fingerprint density at radius 1 is 1.00 bits per heavy atom. The first kappa shape index (κ1) is 13.3. The number of nitrogens with zero attached hydrogens (tertiary/aromatic N) is 1. The van der Waals surface area contributed by atoms with Gasteiger partial charge in [-0.2, -0.15) is 0 Å².